The van der Waals surface area contributed by atoms with Gasteiger partial charge in [0.05, 0.1) is 5.69 Å². The Hall–Kier alpha value is -4.57. The van der Waals surface area contributed by atoms with E-state index in [0.717, 1.165) is 63.7 Å². The van der Waals surface area contributed by atoms with Gasteiger partial charge in [-0.15, -0.1) is 35.7 Å². The summed E-state index contributed by atoms with van der Waals surface area (Å²) in [6, 6.07) is 30.4. The van der Waals surface area contributed by atoms with Gasteiger partial charge >= 0.3 is 20.4 Å². The van der Waals surface area contributed by atoms with Crippen molar-refractivity contribution in [2.24, 2.45) is 0 Å². The third-order valence-electron chi connectivity index (χ3n) is 8.99. The molecule has 0 aliphatic rings. The molecule has 3 aromatic heterocycles. The molecule has 7 rings (SSSR count). The van der Waals surface area contributed by atoms with E-state index in [4.69, 9.17) is 9.84 Å². The summed E-state index contributed by atoms with van der Waals surface area (Å²) in [5.41, 5.74) is 12.2. The van der Waals surface area contributed by atoms with E-state index in [9.17, 15) is 4.39 Å². The first kappa shape index (κ1) is 33.3. The second-order valence-corrected chi connectivity index (χ2v) is 12.1. The Labute approximate surface area is 295 Å². The SMILES string of the molecule is CCc1cc(CC)c(-c2c(C)nn(-c3[c-]c(Oc4[c-]c5c(cc4)c4ccccc4n5-c4cc(F)ccn4)cc(C)c3)c2C)c(CC)c1.[Pd+2]. The molecule has 0 aliphatic heterocycles. The average Bonchev–Trinajstić information content (AvgIpc) is 3.56. The number of pyridine rings is 1. The number of nitrogens with zero attached hydrogens (tertiary/aromatic N) is 4. The molecule has 0 atom stereocenters. The zero-order valence-electron chi connectivity index (χ0n) is 28.0. The van der Waals surface area contributed by atoms with Gasteiger partial charge in [-0.3, -0.25) is 4.68 Å². The fraction of sp³-hybridized carbons (Fsp3) is 0.220. The van der Waals surface area contributed by atoms with Crippen LogP contribution in [0.25, 0.3) is 44.4 Å². The van der Waals surface area contributed by atoms with Crippen molar-refractivity contribution in [2.45, 2.75) is 60.8 Å². The molecule has 0 saturated heterocycles. The summed E-state index contributed by atoms with van der Waals surface area (Å²) in [5.74, 6) is 1.22. The van der Waals surface area contributed by atoms with E-state index in [1.165, 1.54) is 46.1 Å². The number of ether oxygens (including phenoxy) is 1. The Morgan fingerprint density at radius 1 is 0.771 bits per heavy atom. The van der Waals surface area contributed by atoms with E-state index in [0.29, 0.717) is 17.3 Å². The fourth-order valence-electron chi connectivity index (χ4n) is 6.80. The quantitative estimate of drug-likeness (QED) is 0.116. The first-order valence-corrected chi connectivity index (χ1v) is 16.3. The number of hydrogen-bond donors (Lipinski definition) is 0. The Bertz CT molecular complexity index is 2280. The summed E-state index contributed by atoms with van der Waals surface area (Å²) < 4.78 is 24.6. The average molecular weight is 727 g/mol. The van der Waals surface area contributed by atoms with Crippen molar-refractivity contribution >= 4 is 21.8 Å². The molecule has 244 valence electrons. The van der Waals surface area contributed by atoms with Gasteiger partial charge in [0.15, 0.2) is 0 Å². The number of rotatable bonds is 8. The molecule has 0 spiro atoms. The van der Waals surface area contributed by atoms with Crippen molar-refractivity contribution in [3.63, 3.8) is 0 Å². The largest absolute Gasteiger partial charge is 2.00 e. The molecule has 0 radical (unpaired) electrons. The van der Waals surface area contributed by atoms with Gasteiger partial charge in [0.25, 0.3) is 0 Å². The molecule has 0 bridgehead atoms. The van der Waals surface area contributed by atoms with Gasteiger partial charge in [0.1, 0.15) is 11.6 Å². The second kappa shape index (κ2) is 13.5. The molecule has 0 aliphatic carbocycles. The number of halogens is 1. The molecule has 3 heterocycles. The van der Waals surface area contributed by atoms with Crippen molar-refractivity contribution < 1.29 is 29.6 Å². The van der Waals surface area contributed by atoms with Crippen molar-refractivity contribution in [1.29, 1.82) is 0 Å². The van der Waals surface area contributed by atoms with Gasteiger partial charge in [0.2, 0.25) is 0 Å². The van der Waals surface area contributed by atoms with Crippen LogP contribution in [-0.2, 0) is 39.7 Å². The van der Waals surface area contributed by atoms with Crippen LogP contribution in [0.15, 0.2) is 79.0 Å². The number of fused-ring (bicyclic) bond motifs is 3. The van der Waals surface area contributed by atoms with Crippen LogP contribution in [0.2, 0.25) is 0 Å². The maximum Gasteiger partial charge on any atom is 2.00 e. The third kappa shape index (κ3) is 5.87. The van der Waals surface area contributed by atoms with E-state index in [-0.39, 0.29) is 26.2 Å². The molecule has 0 saturated carbocycles. The molecule has 7 heteroatoms. The Kier molecular flexibility index (Phi) is 9.38. The summed E-state index contributed by atoms with van der Waals surface area (Å²) in [5, 5.41) is 7.05. The van der Waals surface area contributed by atoms with E-state index in [2.05, 4.69) is 76.0 Å². The summed E-state index contributed by atoms with van der Waals surface area (Å²) in [4.78, 5) is 4.47. The minimum Gasteiger partial charge on any atom is -0.509 e. The van der Waals surface area contributed by atoms with Crippen LogP contribution in [0.3, 0.4) is 0 Å². The fourth-order valence-corrected chi connectivity index (χ4v) is 6.80. The summed E-state index contributed by atoms with van der Waals surface area (Å²) in [7, 11) is 0. The molecule has 48 heavy (non-hydrogen) atoms. The summed E-state index contributed by atoms with van der Waals surface area (Å²) in [6.45, 7) is 13.0. The Balaban J connectivity index is 0.00000401. The van der Waals surface area contributed by atoms with E-state index in [1.54, 1.807) is 0 Å². The van der Waals surface area contributed by atoms with E-state index < -0.39 is 0 Å². The van der Waals surface area contributed by atoms with Gasteiger partial charge < -0.3 is 9.30 Å². The van der Waals surface area contributed by atoms with Crippen LogP contribution in [0, 0.1) is 38.7 Å². The van der Waals surface area contributed by atoms with Gasteiger partial charge in [-0.05, 0) is 78.6 Å². The number of hydrogen-bond acceptors (Lipinski definition) is 3. The predicted molar refractivity (Wildman–Crippen MR) is 188 cm³/mol. The molecule has 5 nitrogen and oxygen atoms in total. The van der Waals surface area contributed by atoms with Crippen molar-refractivity contribution in [3.8, 4) is 34.1 Å². The molecular formula is C41H37FN4OPd. The number of aryl methyl sites for hydroxylation is 5. The van der Waals surface area contributed by atoms with Crippen molar-refractivity contribution in [3.05, 3.63) is 131 Å². The van der Waals surface area contributed by atoms with E-state index >= 15 is 0 Å². The molecule has 0 fully saturated rings. The maximum absolute atomic E-state index is 14.3. The first-order valence-electron chi connectivity index (χ1n) is 16.3. The second-order valence-electron chi connectivity index (χ2n) is 12.1. The summed E-state index contributed by atoms with van der Waals surface area (Å²) >= 11 is 0. The van der Waals surface area contributed by atoms with Gasteiger partial charge in [-0.2, -0.15) is 16.7 Å². The van der Waals surface area contributed by atoms with E-state index in [1.807, 2.05) is 52.6 Å². The van der Waals surface area contributed by atoms with Crippen LogP contribution in [0.1, 0.15) is 54.4 Å². The van der Waals surface area contributed by atoms with Crippen LogP contribution in [0.4, 0.5) is 4.39 Å². The molecule has 0 N–H and O–H groups in total. The smallest absolute Gasteiger partial charge is 0.509 e. The van der Waals surface area contributed by atoms with Crippen LogP contribution < -0.4 is 4.74 Å². The number of para-hydroxylation sites is 1. The van der Waals surface area contributed by atoms with Crippen molar-refractivity contribution in [1.82, 2.24) is 19.3 Å². The zero-order chi connectivity index (χ0) is 32.8. The number of aromatic nitrogens is 4. The van der Waals surface area contributed by atoms with Gasteiger partial charge in [-0.25, -0.2) is 9.37 Å². The third-order valence-corrected chi connectivity index (χ3v) is 8.99. The van der Waals surface area contributed by atoms with Crippen LogP contribution >= 0.6 is 0 Å². The summed E-state index contributed by atoms with van der Waals surface area (Å²) in [6.07, 6.45) is 4.42. The molecule has 0 unspecified atom stereocenters. The molecular weight excluding hydrogens is 690 g/mol. The molecule has 4 aromatic carbocycles. The topological polar surface area (TPSA) is 44.9 Å². The molecule has 0 amide bonds. The standard InChI is InChI=1S/C41H37FN4O.Pd/c1-7-28-20-29(8-2)41(30(9-3)21-28)40-26(5)44-46(27(40)6)32-18-25(4)19-34(23-32)47-33-14-15-36-35-12-10-11-13-37(35)45(38(36)24-33)39-22-31(42)16-17-43-39;/h10-22H,7-9H2,1-6H3;/q-2;+2. The number of benzene rings is 4. The minimum absolute atomic E-state index is 0. The first-order chi connectivity index (χ1) is 22.8. The monoisotopic (exact) mass is 726 g/mol. The van der Waals surface area contributed by atoms with Gasteiger partial charge in [-0.1, -0.05) is 63.5 Å². The van der Waals surface area contributed by atoms with Crippen molar-refractivity contribution in [2.75, 3.05) is 0 Å². The van der Waals surface area contributed by atoms with Crippen LogP contribution in [-0.4, -0.2) is 19.3 Å². The zero-order valence-corrected chi connectivity index (χ0v) is 29.6. The Morgan fingerprint density at radius 3 is 2.23 bits per heavy atom. The minimum atomic E-state index is -0.350. The normalized spacial score (nSPS) is 11.3. The van der Waals surface area contributed by atoms with Crippen LogP contribution in [0.5, 0.6) is 11.5 Å². The predicted octanol–water partition coefficient (Wildman–Crippen LogP) is 10.2. The Morgan fingerprint density at radius 2 is 1.52 bits per heavy atom. The maximum atomic E-state index is 14.3. The van der Waals surface area contributed by atoms with Gasteiger partial charge in [0, 0.05) is 40.5 Å². The molecule has 7 aromatic rings.